The summed E-state index contributed by atoms with van der Waals surface area (Å²) in [6.45, 7) is 2.29. The van der Waals surface area contributed by atoms with E-state index in [1.165, 1.54) is 0 Å². The first-order valence-electron chi connectivity index (χ1n) is 4.32. The van der Waals surface area contributed by atoms with Gasteiger partial charge in [0.05, 0.1) is 12.1 Å². The summed E-state index contributed by atoms with van der Waals surface area (Å²) in [6.07, 6.45) is 3.32. The van der Waals surface area contributed by atoms with Crippen LogP contribution in [0, 0.1) is 6.92 Å². The molecule has 0 aliphatic carbocycles. The lowest BCUT2D eigenvalue weighted by Crippen LogP contribution is -2.23. The summed E-state index contributed by atoms with van der Waals surface area (Å²) < 4.78 is 0. The fourth-order valence-corrected chi connectivity index (χ4v) is 1.14. The third-order valence-electron chi connectivity index (χ3n) is 1.88. The van der Waals surface area contributed by atoms with E-state index in [0.717, 1.165) is 11.5 Å². The van der Waals surface area contributed by atoms with Crippen LogP contribution in [-0.2, 0) is 4.79 Å². The molecule has 1 aromatic rings. The van der Waals surface area contributed by atoms with Gasteiger partial charge >= 0.3 is 5.97 Å². The normalized spacial score (nSPS) is 9.86. The fraction of sp³-hybridized carbons (Fsp3) is 0.444. The molecule has 0 aromatic carbocycles. The van der Waals surface area contributed by atoms with Gasteiger partial charge in [-0.15, -0.1) is 0 Å². The molecule has 0 amide bonds. The van der Waals surface area contributed by atoms with Crippen LogP contribution in [0.1, 0.15) is 12.1 Å². The molecule has 0 bridgehead atoms. The largest absolute Gasteiger partial charge is 0.481 e. The molecule has 0 saturated carbocycles. The van der Waals surface area contributed by atoms with Crippen LogP contribution in [0.25, 0.3) is 0 Å². The molecule has 1 N–H and O–H groups in total. The Morgan fingerprint density at radius 1 is 1.50 bits per heavy atom. The van der Waals surface area contributed by atoms with Crippen molar-refractivity contribution in [2.24, 2.45) is 0 Å². The Hall–Kier alpha value is -1.65. The van der Waals surface area contributed by atoms with Gasteiger partial charge in [-0.25, -0.2) is 4.98 Å². The number of aromatic nitrogens is 2. The standard InChI is InChI=1S/C9H13N3O2/c1-7-9(11-5-4-10-7)12(2)6-3-8(13)14/h4-5H,3,6H2,1-2H3,(H,13,14). The molecular formula is C9H13N3O2. The summed E-state index contributed by atoms with van der Waals surface area (Å²) in [5.74, 6) is -0.0767. The van der Waals surface area contributed by atoms with E-state index in [9.17, 15) is 4.79 Å². The monoisotopic (exact) mass is 195 g/mol. The second kappa shape index (κ2) is 4.55. The minimum Gasteiger partial charge on any atom is -0.481 e. The van der Waals surface area contributed by atoms with Gasteiger partial charge in [0.1, 0.15) is 5.82 Å². The van der Waals surface area contributed by atoms with Crippen LogP contribution in [0.3, 0.4) is 0 Å². The molecule has 0 spiro atoms. The molecule has 76 valence electrons. The van der Waals surface area contributed by atoms with Gasteiger partial charge in [0.2, 0.25) is 0 Å². The maximum Gasteiger partial charge on any atom is 0.305 e. The first-order chi connectivity index (χ1) is 6.61. The zero-order valence-corrected chi connectivity index (χ0v) is 8.27. The molecule has 0 saturated heterocycles. The number of nitrogens with zero attached hydrogens (tertiary/aromatic N) is 3. The summed E-state index contributed by atoms with van der Waals surface area (Å²) >= 11 is 0. The van der Waals surface area contributed by atoms with E-state index in [2.05, 4.69) is 9.97 Å². The van der Waals surface area contributed by atoms with Crippen LogP contribution in [0.5, 0.6) is 0 Å². The number of carboxylic acid groups (broad SMARTS) is 1. The van der Waals surface area contributed by atoms with E-state index in [-0.39, 0.29) is 6.42 Å². The quantitative estimate of drug-likeness (QED) is 0.765. The van der Waals surface area contributed by atoms with Gasteiger partial charge in [-0.3, -0.25) is 9.78 Å². The number of hydrogen-bond acceptors (Lipinski definition) is 4. The summed E-state index contributed by atoms with van der Waals surface area (Å²) in [6, 6.07) is 0. The highest BCUT2D eigenvalue weighted by molar-refractivity contribution is 5.67. The minimum absolute atomic E-state index is 0.104. The first kappa shape index (κ1) is 10.4. The number of aliphatic carboxylic acids is 1. The van der Waals surface area contributed by atoms with Crippen LogP contribution in [0.4, 0.5) is 5.82 Å². The van der Waals surface area contributed by atoms with Crippen molar-refractivity contribution in [3.8, 4) is 0 Å². The van der Waals surface area contributed by atoms with Crippen molar-refractivity contribution in [3.05, 3.63) is 18.1 Å². The van der Waals surface area contributed by atoms with Gasteiger partial charge in [0, 0.05) is 26.0 Å². The Morgan fingerprint density at radius 2 is 2.14 bits per heavy atom. The molecule has 1 aromatic heterocycles. The number of rotatable bonds is 4. The highest BCUT2D eigenvalue weighted by Gasteiger charge is 2.07. The Kier molecular flexibility index (Phi) is 3.39. The van der Waals surface area contributed by atoms with Crippen LogP contribution >= 0.6 is 0 Å². The second-order valence-electron chi connectivity index (χ2n) is 3.03. The van der Waals surface area contributed by atoms with Crippen LogP contribution < -0.4 is 4.90 Å². The Labute approximate surface area is 82.4 Å². The van der Waals surface area contributed by atoms with Crippen molar-refractivity contribution < 1.29 is 9.90 Å². The molecule has 5 heteroatoms. The second-order valence-corrected chi connectivity index (χ2v) is 3.03. The SMILES string of the molecule is Cc1nccnc1N(C)CCC(=O)O. The van der Waals surface area contributed by atoms with Crippen molar-refractivity contribution in [2.45, 2.75) is 13.3 Å². The number of hydrogen-bond donors (Lipinski definition) is 1. The van der Waals surface area contributed by atoms with Crippen LogP contribution in [0.2, 0.25) is 0 Å². The maximum absolute atomic E-state index is 10.4. The predicted molar refractivity (Wildman–Crippen MR) is 52.3 cm³/mol. The summed E-state index contributed by atoms with van der Waals surface area (Å²) in [5, 5.41) is 8.52. The Balaban J connectivity index is 2.65. The zero-order chi connectivity index (χ0) is 10.6. The molecule has 0 aliphatic heterocycles. The average Bonchev–Trinajstić information content (AvgIpc) is 2.15. The Morgan fingerprint density at radius 3 is 2.71 bits per heavy atom. The number of aryl methyl sites for hydroxylation is 1. The lowest BCUT2D eigenvalue weighted by molar-refractivity contribution is -0.136. The first-order valence-corrected chi connectivity index (χ1v) is 4.32. The number of carbonyl (C=O) groups is 1. The van der Waals surface area contributed by atoms with E-state index >= 15 is 0 Å². The fourth-order valence-electron chi connectivity index (χ4n) is 1.14. The van der Waals surface area contributed by atoms with Gasteiger partial charge in [0.25, 0.3) is 0 Å². The molecular weight excluding hydrogens is 182 g/mol. The zero-order valence-electron chi connectivity index (χ0n) is 8.27. The van der Waals surface area contributed by atoms with Gasteiger partial charge in [-0.1, -0.05) is 0 Å². The van der Waals surface area contributed by atoms with E-state index in [0.29, 0.717) is 6.54 Å². The molecule has 0 atom stereocenters. The van der Waals surface area contributed by atoms with Gasteiger partial charge in [-0.2, -0.15) is 0 Å². The molecule has 0 radical (unpaired) electrons. The van der Waals surface area contributed by atoms with Crippen LogP contribution in [-0.4, -0.2) is 34.6 Å². The van der Waals surface area contributed by atoms with Crippen molar-refractivity contribution in [1.29, 1.82) is 0 Å². The highest BCUT2D eigenvalue weighted by atomic mass is 16.4. The molecule has 14 heavy (non-hydrogen) atoms. The van der Waals surface area contributed by atoms with E-state index in [1.54, 1.807) is 24.3 Å². The summed E-state index contributed by atoms with van der Waals surface area (Å²) in [5.41, 5.74) is 0.806. The van der Waals surface area contributed by atoms with Gasteiger partial charge < -0.3 is 10.0 Å². The lowest BCUT2D eigenvalue weighted by Gasteiger charge is -2.17. The molecule has 1 rings (SSSR count). The predicted octanol–water partition coefficient (Wildman–Crippen LogP) is 0.696. The molecule has 1 heterocycles. The van der Waals surface area contributed by atoms with Crippen molar-refractivity contribution in [2.75, 3.05) is 18.5 Å². The van der Waals surface area contributed by atoms with Gasteiger partial charge in [-0.05, 0) is 6.92 Å². The summed E-state index contributed by atoms with van der Waals surface area (Å²) in [7, 11) is 1.81. The summed E-state index contributed by atoms with van der Waals surface area (Å²) in [4.78, 5) is 20.3. The lowest BCUT2D eigenvalue weighted by atomic mass is 10.3. The number of carboxylic acids is 1. The Bertz CT molecular complexity index is 328. The topological polar surface area (TPSA) is 66.3 Å². The molecule has 0 fully saturated rings. The molecule has 0 aliphatic rings. The molecule has 5 nitrogen and oxygen atoms in total. The smallest absolute Gasteiger partial charge is 0.305 e. The van der Waals surface area contributed by atoms with Crippen molar-refractivity contribution >= 4 is 11.8 Å². The third-order valence-corrected chi connectivity index (χ3v) is 1.88. The van der Waals surface area contributed by atoms with E-state index < -0.39 is 5.97 Å². The highest BCUT2D eigenvalue weighted by Crippen LogP contribution is 2.11. The van der Waals surface area contributed by atoms with Gasteiger partial charge in [0.15, 0.2) is 0 Å². The van der Waals surface area contributed by atoms with E-state index in [4.69, 9.17) is 5.11 Å². The minimum atomic E-state index is -0.807. The van der Waals surface area contributed by atoms with E-state index in [1.807, 2.05) is 6.92 Å². The van der Waals surface area contributed by atoms with Crippen LogP contribution in [0.15, 0.2) is 12.4 Å². The maximum atomic E-state index is 10.4. The third kappa shape index (κ3) is 2.69. The van der Waals surface area contributed by atoms with Crippen molar-refractivity contribution in [1.82, 2.24) is 9.97 Å². The van der Waals surface area contributed by atoms with Crippen molar-refractivity contribution in [3.63, 3.8) is 0 Å². The average molecular weight is 195 g/mol. The number of anilines is 1. The molecule has 0 unspecified atom stereocenters.